The van der Waals surface area contributed by atoms with Crippen molar-refractivity contribution in [3.8, 4) is 5.75 Å². The quantitative estimate of drug-likeness (QED) is 0.782. The molecule has 0 aliphatic carbocycles. The van der Waals surface area contributed by atoms with Gasteiger partial charge >= 0.3 is 0 Å². The maximum Gasteiger partial charge on any atom is 0.119 e. The molecule has 1 aromatic carbocycles. The van der Waals surface area contributed by atoms with E-state index in [1.165, 1.54) is 10.9 Å². The monoisotopic (exact) mass is 190 g/mol. The standard InChI is InChI=1S/C11H14N2O/c1-13-9(7-12)5-8-6-10(14-2)3-4-11(8)13/h3-6H,7,12H2,1-2H3. The van der Waals surface area contributed by atoms with Crippen molar-refractivity contribution < 1.29 is 4.74 Å². The summed E-state index contributed by atoms with van der Waals surface area (Å²) in [6.07, 6.45) is 0. The second kappa shape index (κ2) is 3.35. The van der Waals surface area contributed by atoms with Crippen molar-refractivity contribution >= 4 is 10.9 Å². The third-order valence-corrected chi connectivity index (χ3v) is 2.56. The van der Waals surface area contributed by atoms with Crippen LogP contribution in [0.5, 0.6) is 5.75 Å². The van der Waals surface area contributed by atoms with E-state index in [0.717, 1.165) is 11.4 Å². The molecule has 14 heavy (non-hydrogen) atoms. The molecule has 0 saturated heterocycles. The molecule has 3 heteroatoms. The Morgan fingerprint density at radius 3 is 2.79 bits per heavy atom. The molecule has 0 saturated carbocycles. The van der Waals surface area contributed by atoms with Gasteiger partial charge in [0.1, 0.15) is 5.75 Å². The van der Waals surface area contributed by atoms with Gasteiger partial charge in [0.2, 0.25) is 0 Å². The van der Waals surface area contributed by atoms with Crippen molar-refractivity contribution in [3.63, 3.8) is 0 Å². The minimum Gasteiger partial charge on any atom is -0.497 e. The third-order valence-electron chi connectivity index (χ3n) is 2.56. The van der Waals surface area contributed by atoms with Gasteiger partial charge in [-0.25, -0.2) is 0 Å². The van der Waals surface area contributed by atoms with Crippen LogP contribution in [0.15, 0.2) is 24.3 Å². The SMILES string of the molecule is COc1ccc2c(c1)cc(CN)n2C. The van der Waals surface area contributed by atoms with Gasteiger partial charge in [-0.05, 0) is 24.3 Å². The number of rotatable bonds is 2. The van der Waals surface area contributed by atoms with E-state index in [0.29, 0.717) is 6.54 Å². The number of nitrogens with two attached hydrogens (primary N) is 1. The number of benzene rings is 1. The highest BCUT2D eigenvalue weighted by Gasteiger charge is 2.04. The normalized spacial score (nSPS) is 10.8. The molecule has 0 aliphatic rings. The molecule has 1 heterocycles. The van der Waals surface area contributed by atoms with E-state index >= 15 is 0 Å². The van der Waals surface area contributed by atoms with Crippen molar-refractivity contribution in [2.24, 2.45) is 12.8 Å². The number of aromatic nitrogens is 1. The van der Waals surface area contributed by atoms with Crippen LogP contribution in [-0.2, 0) is 13.6 Å². The van der Waals surface area contributed by atoms with Gasteiger partial charge in [0.25, 0.3) is 0 Å². The summed E-state index contributed by atoms with van der Waals surface area (Å²) in [7, 11) is 3.70. The fraction of sp³-hybridized carbons (Fsp3) is 0.273. The molecule has 0 unspecified atom stereocenters. The van der Waals surface area contributed by atoms with Gasteiger partial charge in [0.15, 0.2) is 0 Å². The summed E-state index contributed by atoms with van der Waals surface area (Å²) in [5.41, 5.74) is 7.95. The van der Waals surface area contributed by atoms with Crippen LogP contribution in [-0.4, -0.2) is 11.7 Å². The summed E-state index contributed by atoms with van der Waals surface area (Å²) in [5.74, 6) is 0.881. The predicted molar refractivity (Wildman–Crippen MR) is 57.4 cm³/mol. The number of methoxy groups -OCH3 is 1. The maximum atomic E-state index is 5.63. The second-order valence-electron chi connectivity index (χ2n) is 3.32. The van der Waals surface area contributed by atoms with E-state index < -0.39 is 0 Å². The Kier molecular flexibility index (Phi) is 2.17. The zero-order valence-electron chi connectivity index (χ0n) is 8.45. The summed E-state index contributed by atoms with van der Waals surface area (Å²) in [4.78, 5) is 0. The van der Waals surface area contributed by atoms with Gasteiger partial charge < -0.3 is 15.0 Å². The molecular formula is C11H14N2O. The fourth-order valence-electron chi connectivity index (χ4n) is 1.71. The lowest BCUT2D eigenvalue weighted by Crippen LogP contribution is -2.02. The molecule has 1 aromatic heterocycles. The molecule has 74 valence electrons. The van der Waals surface area contributed by atoms with Crippen LogP contribution >= 0.6 is 0 Å². The van der Waals surface area contributed by atoms with E-state index in [9.17, 15) is 0 Å². The number of fused-ring (bicyclic) bond motifs is 1. The molecule has 2 N–H and O–H groups in total. The molecule has 0 atom stereocenters. The highest BCUT2D eigenvalue weighted by Crippen LogP contribution is 2.23. The smallest absolute Gasteiger partial charge is 0.119 e. The van der Waals surface area contributed by atoms with Gasteiger partial charge in [-0.3, -0.25) is 0 Å². The van der Waals surface area contributed by atoms with Gasteiger partial charge in [-0.2, -0.15) is 0 Å². The van der Waals surface area contributed by atoms with E-state index in [-0.39, 0.29) is 0 Å². The first-order valence-corrected chi connectivity index (χ1v) is 4.58. The zero-order valence-corrected chi connectivity index (χ0v) is 8.45. The molecule has 2 rings (SSSR count). The Bertz CT molecular complexity index is 460. The van der Waals surface area contributed by atoms with Crippen molar-refractivity contribution in [1.29, 1.82) is 0 Å². The maximum absolute atomic E-state index is 5.63. The number of ether oxygens (including phenoxy) is 1. The van der Waals surface area contributed by atoms with Crippen LogP contribution in [0.4, 0.5) is 0 Å². The lowest BCUT2D eigenvalue weighted by atomic mass is 10.2. The highest BCUT2D eigenvalue weighted by molar-refractivity contribution is 5.82. The van der Waals surface area contributed by atoms with Crippen LogP contribution in [0.2, 0.25) is 0 Å². The van der Waals surface area contributed by atoms with Crippen molar-refractivity contribution in [1.82, 2.24) is 4.57 Å². The van der Waals surface area contributed by atoms with Gasteiger partial charge in [-0.1, -0.05) is 0 Å². The van der Waals surface area contributed by atoms with Crippen molar-refractivity contribution in [3.05, 3.63) is 30.0 Å². The lowest BCUT2D eigenvalue weighted by Gasteiger charge is -2.01. The Balaban J connectivity index is 2.66. The summed E-state index contributed by atoms with van der Waals surface area (Å²) in [6, 6.07) is 8.13. The molecular weight excluding hydrogens is 176 g/mol. The fourth-order valence-corrected chi connectivity index (χ4v) is 1.71. The molecule has 0 radical (unpaired) electrons. The molecule has 0 fully saturated rings. The van der Waals surface area contributed by atoms with Gasteiger partial charge in [0, 0.05) is 30.2 Å². The highest BCUT2D eigenvalue weighted by atomic mass is 16.5. The minimum absolute atomic E-state index is 0.563. The number of nitrogens with zero attached hydrogens (tertiary/aromatic N) is 1. The molecule has 2 aromatic rings. The van der Waals surface area contributed by atoms with Crippen LogP contribution < -0.4 is 10.5 Å². The first-order valence-electron chi connectivity index (χ1n) is 4.58. The van der Waals surface area contributed by atoms with Crippen LogP contribution in [0.25, 0.3) is 10.9 Å². The zero-order chi connectivity index (χ0) is 10.1. The Morgan fingerprint density at radius 1 is 1.36 bits per heavy atom. The average Bonchev–Trinajstić information content (AvgIpc) is 2.55. The largest absolute Gasteiger partial charge is 0.497 e. The minimum atomic E-state index is 0.563. The van der Waals surface area contributed by atoms with E-state index in [1.807, 2.05) is 25.2 Å². The molecule has 0 bridgehead atoms. The molecule has 0 amide bonds. The summed E-state index contributed by atoms with van der Waals surface area (Å²) >= 11 is 0. The lowest BCUT2D eigenvalue weighted by molar-refractivity contribution is 0.415. The molecule has 3 nitrogen and oxygen atoms in total. The third kappa shape index (κ3) is 1.26. The Labute approximate surface area is 83.1 Å². The molecule has 0 aliphatic heterocycles. The summed E-state index contributed by atoms with van der Waals surface area (Å²) in [6.45, 7) is 0.563. The first kappa shape index (κ1) is 9.09. The second-order valence-corrected chi connectivity index (χ2v) is 3.32. The average molecular weight is 190 g/mol. The number of hydrogen-bond acceptors (Lipinski definition) is 2. The van der Waals surface area contributed by atoms with Crippen molar-refractivity contribution in [2.75, 3.05) is 7.11 Å². The van der Waals surface area contributed by atoms with Crippen molar-refractivity contribution in [2.45, 2.75) is 6.54 Å². The predicted octanol–water partition coefficient (Wildman–Crippen LogP) is 1.65. The number of aryl methyl sites for hydroxylation is 1. The Hall–Kier alpha value is -1.48. The van der Waals surface area contributed by atoms with E-state index in [4.69, 9.17) is 10.5 Å². The van der Waals surface area contributed by atoms with E-state index in [1.54, 1.807) is 7.11 Å². The summed E-state index contributed by atoms with van der Waals surface area (Å²) in [5, 5.41) is 1.17. The van der Waals surface area contributed by atoms with Gasteiger partial charge in [0.05, 0.1) is 7.11 Å². The topological polar surface area (TPSA) is 40.2 Å². The first-order chi connectivity index (χ1) is 6.76. The van der Waals surface area contributed by atoms with E-state index in [2.05, 4.69) is 10.6 Å². The van der Waals surface area contributed by atoms with Crippen LogP contribution in [0, 0.1) is 0 Å². The summed E-state index contributed by atoms with van der Waals surface area (Å²) < 4.78 is 7.27. The van der Waals surface area contributed by atoms with Crippen LogP contribution in [0.1, 0.15) is 5.69 Å². The van der Waals surface area contributed by atoms with Crippen LogP contribution in [0.3, 0.4) is 0 Å². The van der Waals surface area contributed by atoms with Gasteiger partial charge in [-0.15, -0.1) is 0 Å². The number of hydrogen-bond donors (Lipinski definition) is 1. The molecule has 0 spiro atoms. The Morgan fingerprint density at radius 2 is 2.14 bits per heavy atom.